The number of hydrogen-bond donors (Lipinski definition) is 0. The van der Waals surface area contributed by atoms with Crippen LogP contribution >= 0.6 is 10.7 Å². The van der Waals surface area contributed by atoms with Crippen molar-refractivity contribution in [2.75, 3.05) is 7.11 Å². The van der Waals surface area contributed by atoms with Crippen LogP contribution in [-0.2, 0) is 9.05 Å². The van der Waals surface area contributed by atoms with Crippen LogP contribution in [0.4, 0.5) is 0 Å². The average molecular weight is 302 g/mol. The molecule has 2 rings (SSSR count). The highest BCUT2D eigenvalue weighted by atomic mass is 35.7. The Morgan fingerprint density at radius 3 is 2.47 bits per heavy atom. The van der Waals surface area contributed by atoms with Crippen LogP contribution in [0.2, 0.25) is 0 Å². The van der Waals surface area contributed by atoms with E-state index in [-0.39, 0.29) is 10.6 Å². The highest BCUT2D eigenvalue weighted by Crippen LogP contribution is 2.32. The van der Waals surface area contributed by atoms with Crippen LogP contribution < -0.4 is 4.74 Å². The van der Waals surface area contributed by atoms with Gasteiger partial charge in [0.05, 0.1) is 7.11 Å². The van der Waals surface area contributed by atoms with Gasteiger partial charge in [-0.1, -0.05) is 0 Å². The van der Waals surface area contributed by atoms with Crippen molar-refractivity contribution in [3.05, 3.63) is 29.9 Å². The molecule has 0 aliphatic heterocycles. The first-order valence-corrected chi connectivity index (χ1v) is 7.71. The fourth-order valence-electron chi connectivity index (χ4n) is 1.81. The molecule has 0 aliphatic carbocycles. The van der Waals surface area contributed by atoms with Crippen molar-refractivity contribution in [2.45, 2.75) is 18.7 Å². The molecule has 0 saturated carbocycles. The van der Waals surface area contributed by atoms with E-state index in [1.165, 1.54) is 19.2 Å². The lowest BCUT2D eigenvalue weighted by Crippen LogP contribution is -1.97. The molecule has 0 unspecified atom stereocenters. The van der Waals surface area contributed by atoms with E-state index in [2.05, 4.69) is 4.98 Å². The molecule has 2 aromatic rings. The number of oxazole rings is 1. The van der Waals surface area contributed by atoms with Crippen molar-refractivity contribution in [3.63, 3.8) is 0 Å². The summed E-state index contributed by atoms with van der Waals surface area (Å²) in [6.45, 7) is 3.48. The molecule has 0 aliphatic rings. The van der Waals surface area contributed by atoms with Crippen molar-refractivity contribution in [3.8, 4) is 17.0 Å². The van der Waals surface area contributed by atoms with E-state index in [1.807, 2.05) is 0 Å². The summed E-state index contributed by atoms with van der Waals surface area (Å²) in [4.78, 5) is 4.13. The van der Waals surface area contributed by atoms with Crippen molar-refractivity contribution < 1.29 is 17.6 Å². The third kappa shape index (κ3) is 2.74. The van der Waals surface area contributed by atoms with Crippen LogP contribution in [0.15, 0.2) is 27.5 Å². The fraction of sp³-hybridized carbons (Fsp3) is 0.250. The molecule has 0 amide bonds. The Morgan fingerprint density at radius 1 is 1.32 bits per heavy atom. The Morgan fingerprint density at radius 2 is 2.00 bits per heavy atom. The summed E-state index contributed by atoms with van der Waals surface area (Å²) >= 11 is 0. The van der Waals surface area contributed by atoms with Crippen LogP contribution in [0.5, 0.6) is 5.75 Å². The SMILES string of the molecule is COc1ccc(-c2nc(C)oc2C)cc1S(=O)(=O)Cl. The Kier molecular flexibility index (Phi) is 3.56. The quantitative estimate of drug-likeness (QED) is 0.815. The molecule has 0 bridgehead atoms. The lowest BCUT2D eigenvalue weighted by atomic mass is 10.1. The summed E-state index contributed by atoms with van der Waals surface area (Å²) in [7, 11) is 2.88. The Balaban J connectivity index is 2.65. The molecule has 0 fully saturated rings. The normalized spacial score (nSPS) is 11.6. The van der Waals surface area contributed by atoms with Gasteiger partial charge in [0.15, 0.2) is 5.89 Å². The van der Waals surface area contributed by atoms with Crippen LogP contribution in [0.25, 0.3) is 11.3 Å². The van der Waals surface area contributed by atoms with E-state index in [0.29, 0.717) is 22.9 Å². The molecule has 5 nitrogen and oxygen atoms in total. The fourth-order valence-corrected chi connectivity index (χ4v) is 2.83. The first-order valence-electron chi connectivity index (χ1n) is 5.40. The molecule has 0 N–H and O–H groups in total. The van der Waals surface area contributed by atoms with Gasteiger partial charge in [0.2, 0.25) is 0 Å². The molecule has 1 heterocycles. The number of ether oxygens (including phenoxy) is 1. The van der Waals surface area contributed by atoms with Gasteiger partial charge >= 0.3 is 0 Å². The number of benzene rings is 1. The second-order valence-electron chi connectivity index (χ2n) is 3.94. The van der Waals surface area contributed by atoms with Gasteiger partial charge in [0.1, 0.15) is 22.1 Å². The first-order chi connectivity index (χ1) is 8.82. The van der Waals surface area contributed by atoms with Gasteiger partial charge in [0, 0.05) is 23.2 Å². The minimum atomic E-state index is -3.89. The van der Waals surface area contributed by atoms with Gasteiger partial charge in [-0.25, -0.2) is 13.4 Å². The molecule has 7 heteroatoms. The second kappa shape index (κ2) is 4.86. The zero-order valence-electron chi connectivity index (χ0n) is 10.6. The summed E-state index contributed by atoms with van der Waals surface area (Å²) < 4.78 is 33.4. The lowest BCUT2D eigenvalue weighted by molar-refractivity contribution is 0.403. The second-order valence-corrected chi connectivity index (χ2v) is 6.48. The molecule has 1 aromatic carbocycles. The smallest absolute Gasteiger partial charge is 0.265 e. The number of hydrogen-bond acceptors (Lipinski definition) is 5. The maximum Gasteiger partial charge on any atom is 0.265 e. The summed E-state index contributed by atoms with van der Waals surface area (Å²) in [6, 6.07) is 4.66. The zero-order valence-corrected chi connectivity index (χ0v) is 12.2. The predicted molar refractivity (Wildman–Crippen MR) is 71.0 cm³/mol. The first kappa shape index (κ1) is 13.9. The van der Waals surface area contributed by atoms with Gasteiger partial charge in [-0.2, -0.15) is 0 Å². The van der Waals surface area contributed by atoms with Gasteiger partial charge in [0.25, 0.3) is 9.05 Å². The van der Waals surface area contributed by atoms with Gasteiger partial charge < -0.3 is 9.15 Å². The minimum absolute atomic E-state index is 0.0887. The molecule has 0 atom stereocenters. The van der Waals surface area contributed by atoms with E-state index < -0.39 is 9.05 Å². The number of methoxy groups -OCH3 is 1. The van der Waals surface area contributed by atoms with E-state index in [0.717, 1.165) is 0 Å². The van der Waals surface area contributed by atoms with E-state index >= 15 is 0 Å². The molecule has 102 valence electrons. The average Bonchev–Trinajstić information content (AvgIpc) is 2.66. The third-order valence-electron chi connectivity index (χ3n) is 2.60. The van der Waals surface area contributed by atoms with Crippen molar-refractivity contribution >= 4 is 19.7 Å². The topological polar surface area (TPSA) is 69.4 Å². The minimum Gasteiger partial charge on any atom is -0.495 e. The number of halogens is 1. The Hall–Kier alpha value is -1.53. The maximum absolute atomic E-state index is 11.5. The van der Waals surface area contributed by atoms with Gasteiger partial charge in [-0.05, 0) is 25.1 Å². The molecule has 0 spiro atoms. The lowest BCUT2D eigenvalue weighted by Gasteiger charge is -2.07. The van der Waals surface area contributed by atoms with Crippen molar-refractivity contribution in [1.29, 1.82) is 0 Å². The largest absolute Gasteiger partial charge is 0.495 e. The number of rotatable bonds is 3. The standard InChI is InChI=1S/C12H12ClNO4S/c1-7-12(14-8(2)18-7)9-4-5-10(17-3)11(6-9)19(13,15)16/h4-6H,1-3H3. The van der Waals surface area contributed by atoms with Crippen molar-refractivity contribution in [1.82, 2.24) is 4.98 Å². The monoisotopic (exact) mass is 301 g/mol. The van der Waals surface area contributed by atoms with Crippen LogP contribution in [0.1, 0.15) is 11.7 Å². The van der Waals surface area contributed by atoms with Crippen molar-refractivity contribution in [2.24, 2.45) is 0 Å². The predicted octanol–water partition coefficient (Wildman–Crippen LogP) is 2.89. The molecular weight excluding hydrogens is 290 g/mol. The van der Waals surface area contributed by atoms with E-state index in [9.17, 15) is 8.42 Å². The van der Waals surface area contributed by atoms with Crippen LogP contribution in [0.3, 0.4) is 0 Å². The molecular formula is C12H12ClNO4S. The van der Waals surface area contributed by atoms with Gasteiger partial charge in [-0.3, -0.25) is 0 Å². The molecule has 0 radical (unpaired) electrons. The zero-order chi connectivity index (χ0) is 14.2. The van der Waals surface area contributed by atoms with E-state index in [1.54, 1.807) is 19.9 Å². The van der Waals surface area contributed by atoms with Gasteiger partial charge in [-0.15, -0.1) is 0 Å². The third-order valence-corrected chi connectivity index (χ3v) is 3.95. The molecule has 1 aromatic heterocycles. The summed E-state index contributed by atoms with van der Waals surface area (Å²) in [5.41, 5.74) is 1.19. The summed E-state index contributed by atoms with van der Waals surface area (Å²) in [5.74, 6) is 1.32. The Bertz CT molecular complexity index is 721. The van der Waals surface area contributed by atoms with Crippen LogP contribution in [0, 0.1) is 13.8 Å². The highest BCUT2D eigenvalue weighted by molar-refractivity contribution is 8.13. The highest BCUT2D eigenvalue weighted by Gasteiger charge is 2.19. The number of aryl methyl sites for hydroxylation is 2. The maximum atomic E-state index is 11.5. The summed E-state index contributed by atoms with van der Waals surface area (Å²) in [5, 5.41) is 0. The molecule has 19 heavy (non-hydrogen) atoms. The van der Waals surface area contributed by atoms with Crippen LogP contribution in [-0.4, -0.2) is 20.5 Å². The Labute approximate surface area is 115 Å². The molecule has 0 saturated heterocycles. The number of nitrogens with zero attached hydrogens (tertiary/aromatic N) is 1. The summed E-state index contributed by atoms with van der Waals surface area (Å²) in [6.07, 6.45) is 0. The number of aromatic nitrogens is 1. The van der Waals surface area contributed by atoms with E-state index in [4.69, 9.17) is 19.8 Å².